The molecule has 1 aliphatic rings. The van der Waals surface area contributed by atoms with Gasteiger partial charge in [0.1, 0.15) is 17.7 Å². The van der Waals surface area contributed by atoms with Crippen molar-refractivity contribution < 1.29 is 0 Å². The van der Waals surface area contributed by atoms with Crippen LogP contribution in [0, 0.1) is 47.6 Å². The molecular formula is C38H38BrN2+. The van der Waals surface area contributed by atoms with Crippen LogP contribution in [0.5, 0.6) is 0 Å². The van der Waals surface area contributed by atoms with E-state index in [2.05, 4.69) is 134 Å². The molecule has 41 heavy (non-hydrogen) atoms. The van der Waals surface area contributed by atoms with Crippen LogP contribution in [0.3, 0.4) is 0 Å². The maximum absolute atomic E-state index is 5.75. The predicted octanol–water partition coefficient (Wildman–Crippen LogP) is 11.0. The lowest BCUT2D eigenvalue weighted by Gasteiger charge is -2.15. The summed E-state index contributed by atoms with van der Waals surface area (Å²) in [6.07, 6.45) is 9.01. The molecule has 0 spiro atoms. The number of anilines is 3. The Kier molecular flexibility index (Phi) is 9.78. The highest BCUT2D eigenvalue weighted by Gasteiger charge is 2.11. The molecular weight excluding hydrogens is 564 g/mol. The third-order valence-electron chi connectivity index (χ3n) is 7.14. The highest BCUT2D eigenvalue weighted by Crippen LogP contribution is 2.30. The maximum atomic E-state index is 5.75. The predicted molar refractivity (Wildman–Crippen MR) is 184 cm³/mol. The molecule has 0 amide bonds. The largest absolute Gasteiger partial charge is 0.398 e. The van der Waals surface area contributed by atoms with E-state index in [0.29, 0.717) is 0 Å². The van der Waals surface area contributed by atoms with Gasteiger partial charge >= 0.3 is 0 Å². The van der Waals surface area contributed by atoms with Crippen molar-refractivity contribution in [2.24, 2.45) is 0 Å². The molecule has 0 fully saturated rings. The number of nitrogens with two attached hydrogens (primary N) is 1. The average molecular weight is 603 g/mol. The van der Waals surface area contributed by atoms with Crippen LogP contribution in [0.25, 0.3) is 22.9 Å². The number of rotatable bonds is 2. The van der Waals surface area contributed by atoms with E-state index in [4.69, 9.17) is 5.73 Å². The molecule has 5 aromatic carbocycles. The minimum absolute atomic E-state index is 0.922. The fourth-order valence-corrected chi connectivity index (χ4v) is 5.65. The van der Waals surface area contributed by atoms with Crippen LogP contribution in [-0.4, -0.2) is 0 Å². The van der Waals surface area contributed by atoms with E-state index >= 15 is 0 Å². The second-order valence-corrected chi connectivity index (χ2v) is 11.5. The number of nitrogens with one attached hydrogen (secondary N) is 1. The monoisotopic (exact) mass is 601 g/mol. The Morgan fingerprint density at radius 3 is 1.93 bits per heavy atom. The van der Waals surface area contributed by atoms with Crippen molar-refractivity contribution in [3.05, 3.63) is 146 Å². The molecule has 206 valence electrons. The highest BCUT2D eigenvalue weighted by molar-refractivity contribution is 9.10. The van der Waals surface area contributed by atoms with Crippen molar-refractivity contribution in [2.75, 3.05) is 11.1 Å². The SMILES string of the molecule is Brc1cccc2c1C=[C+]C=C2.Cc1cc(C)c(N)c(C)c1.Cc1cc(C)c(Nc2cccc3ccccc23)c(C)c1. The van der Waals surface area contributed by atoms with Gasteiger partial charge in [-0.05, 0) is 103 Å². The summed E-state index contributed by atoms with van der Waals surface area (Å²) in [5.74, 6) is 0. The lowest BCUT2D eigenvalue weighted by molar-refractivity contribution is 1.31. The molecule has 0 aromatic heterocycles. The first-order valence-electron chi connectivity index (χ1n) is 13.8. The van der Waals surface area contributed by atoms with Crippen molar-refractivity contribution >= 4 is 55.9 Å². The molecule has 0 bridgehead atoms. The molecule has 3 heteroatoms. The van der Waals surface area contributed by atoms with E-state index in [-0.39, 0.29) is 0 Å². The lowest BCUT2D eigenvalue weighted by atomic mass is 10.0. The smallest absolute Gasteiger partial charge is 0.112 e. The Balaban J connectivity index is 0.000000156. The molecule has 2 nitrogen and oxygen atoms in total. The first kappa shape index (κ1) is 29.8. The lowest BCUT2D eigenvalue weighted by Crippen LogP contribution is -1.97. The van der Waals surface area contributed by atoms with Gasteiger partial charge in [0.05, 0.1) is 16.1 Å². The molecule has 0 saturated carbocycles. The first-order valence-corrected chi connectivity index (χ1v) is 14.6. The van der Waals surface area contributed by atoms with E-state index in [1.54, 1.807) is 0 Å². The van der Waals surface area contributed by atoms with Gasteiger partial charge in [0.25, 0.3) is 0 Å². The van der Waals surface area contributed by atoms with Crippen molar-refractivity contribution in [3.8, 4) is 0 Å². The van der Waals surface area contributed by atoms with Crippen LogP contribution in [0.1, 0.15) is 44.5 Å². The summed E-state index contributed by atoms with van der Waals surface area (Å²) in [5, 5.41) is 6.13. The van der Waals surface area contributed by atoms with Crippen LogP contribution in [0.2, 0.25) is 0 Å². The van der Waals surface area contributed by atoms with Crippen LogP contribution in [0.15, 0.2) is 95.5 Å². The third-order valence-corrected chi connectivity index (χ3v) is 7.83. The van der Waals surface area contributed by atoms with Gasteiger partial charge in [-0.2, -0.15) is 0 Å². The summed E-state index contributed by atoms with van der Waals surface area (Å²) in [6.45, 7) is 12.6. The summed E-state index contributed by atoms with van der Waals surface area (Å²) in [5.41, 5.74) is 19.0. The van der Waals surface area contributed by atoms with Crippen molar-refractivity contribution in [2.45, 2.75) is 41.5 Å². The third kappa shape index (κ3) is 7.52. The van der Waals surface area contributed by atoms with Crippen LogP contribution >= 0.6 is 15.9 Å². The molecule has 0 radical (unpaired) electrons. The van der Waals surface area contributed by atoms with Gasteiger partial charge in [0.15, 0.2) is 0 Å². The summed E-state index contributed by atoms with van der Waals surface area (Å²) in [6, 6.07) is 29.7. The van der Waals surface area contributed by atoms with E-state index in [9.17, 15) is 0 Å². The zero-order chi connectivity index (χ0) is 29.5. The summed E-state index contributed by atoms with van der Waals surface area (Å²) in [7, 11) is 0. The molecule has 6 rings (SSSR count). The average Bonchev–Trinajstić information content (AvgIpc) is 2.95. The molecule has 3 N–H and O–H groups in total. The fourth-order valence-electron chi connectivity index (χ4n) is 5.16. The molecule has 0 atom stereocenters. The molecule has 0 aliphatic heterocycles. The van der Waals surface area contributed by atoms with Gasteiger partial charge in [0, 0.05) is 28.5 Å². The molecule has 5 aromatic rings. The summed E-state index contributed by atoms with van der Waals surface area (Å²) >= 11 is 3.48. The minimum atomic E-state index is 0.922. The van der Waals surface area contributed by atoms with E-state index < -0.39 is 0 Å². The zero-order valence-electron chi connectivity index (χ0n) is 24.8. The van der Waals surface area contributed by atoms with Crippen molar-refractivity contribution in [3.63, 3.8) is 0 Å². The van der Waals surface area contributed by atoms with Gasteiger partial charge in [-0.1, -0.05) is 77.9 Å². The van der Waals surface area contributed by atoms with Crippen LogP contribution < -0.4 is 11.1 Å². The summed E-state index contributed by atoms with van der Waals surface area (Å²) < 4.78 is 1.13. The standard InChI is InChI=1S/C19H19N.C10H6Br.C9H13N/c1-13-11-14(2)19(15(3)12-13)20-18-10-6-8-16-7-4-5-9-17(16)18;11-10-7-3-5-8-4-1-2-6-9(8)10;1-6-4-7(2)9(10)8(3)5-6/h4-12,20H,1-3H3;1,3-7H;4-5H,10H2,1-3H3/q;+1;. The Morgan fingerprint density at radius 1 is 0.683 bits per heavy atom. The zero-order valence-corrected chi connectivity index (χ0v) is 26.4. The second-order valence-electron chi connectivity index (χ2n) is 10.6. The minimum Gasteiger partial charge on any atom is -0.398 e. The van der Waals surface area contributed by atoms with Gasteiger partial charge in [0.2, 0.25) is 0 Å². The Hall–Kier alpha value is -4.17. The number of benzene rings is 5. The number of allylic oxidation sites excluding steroid dienone is 2. The quantitative estimate of drug-likeness (QED) is 0.156. The van der Waals surface area contributed by atoms with E-state index in [1.165, 1.54) is 61.0 Å². The number of aryl methyl sites for hydroxylation is 6. The van der Waals surface area contributed by atoms with Crippen molar-refractivity contribution in [1.29, 1.82) is 0 Å². The Morgan fingerprint density at radius 2 is 1.27 bits per heavy atom. The number of hydrogen-bond donors (Lipinski definition) is 2. The van der Waals surface area contributed by atoms with Crippen LogP contribution in [0.4, 0.5) is 17.1 Å². The maximum Gasteiger partial charge on any atom is 0.112 e. The number of halogens is 1. The number of hydrogen-bond acceptors (Lipinski definition) is 2. The normalized spacial score (nSPS) is 11.0. The van der Waals surface area contributed by atoms with Crippen LogP contribution in [-0.2, 0) is 0 Å². The second kappa shape index (κ2) is 13.5. The Bertz CT molecular complexity index is 1690. The van der Waals surface area contributed by atoms with E-state index in [1.807, 2.05) is 38.1 Å². The topological polar surface area (TPSA) is 38.0 Å². The van der Waals surface area contributed by atoms with Gasteiger partial charge in [-0.3, -0.25) is 0 Å². The fraction of sp³-hybridized carbons (Fsp3) is 0.158. The van der Waals surface area contributed by atoms with Crippen molar-refractivity contribution in [1.82, 2.24) is 0 Å². The Labute approximate surface area is 253 Å². The highest BCUT2D eigenvalue weighted by atomic mass is 79.9. The van der Waals surface area contributed by atoms with E-state index in [0.717, 1.165) is 15.8 Å². The number of nitrogen functional groups attached to an aromatic ring is 1. The number of fused-ring (bicyclic) bond motifs is 2. The van der Waals surface area contributed by atoms with Gasteiger partial charge in [-0.15, -0.1) is 0 Å². The molecule has 0 heterocycles. The molecule has 0 saturated heterocycles. The van der Waals surface area contributed by atoms with Gasteiger partial charge < -0.3 is 11.1 Å². The molecule has 1 aliphatic carbocycles. The van der Waals surface area contributed by atoms with Gasteiger partial charge in [-0.25, -0.2) is 0 Å². The first-order chi connectivity index (χ1) is 19.6. The summed E-state index contributed by atoms with van der Waals surface area (Å²) in [4.78, 5) is 0. The molecule has 0 unspecified atom stereocenters.